The second-order valence-electron chi connectivity index (χ2n) is 7.30. The van der Waals surface area contributed by atoms with Gasteiger partial charge < -0.3 is 14.9 Å². The van der Waals surface area contributed by atoms with Crippen LogP contribution in [0.3, 0.4) is 0 Å². The van der Waals surface area contributed by atoms with E-state index in [4.69, 9.17) is 4.74 Å². The fourth-order valence-corrected chi connectivity index (χ4v) is 3.54. The number of ether oxygens (including phenoxy) is 1. The Kier molecular flexibility index (Phi) is 8.32. The molecule has 0 spiro atoms. The third-order valence-corrected chi connectivity index (χ3v) is 4.92. The van der Waals surface area contributed by atoms with Crippen LogP contribution in [0, 0.1) is 0 Å². The van der Waals surface area contributed by atoms with Gasteiger partial charge in [-0.2, -0.15) is 0 Å². The highest BCUT2D eigenvalue weighted by Gasteiger charge is 2.28. The molecule has 1 aliphatic rings. The van der Waals surface area contributed by atoms with E-state index in [9.17, 15) is 10.2 Å². The molecule has 4 atom stereocenters. The summed E-state index contributed by atoms with van der Waals surface area (Å²) in [4.78, 5) is 0. The predicted molar refractivity (Wildman–Crippen MR) is 95.6 cm³/mol. The zero-order valence-electron chi connectivity index (χ0n) is 14.2. The molecule has 0 aromatic rings. The summed E-state index contributed by atoms with van der Waals surface area (Å²) in [6.07, 6.45) is 10.3. The highest BCUT2D eigenvalue weighted by Crippen LogP contribution is 2.25. The summed E-state index contributed by atoms with van der Waals surface area (Å²) < 4.78 is 6.00. The van der Waals surface area contributed by atoms with Gasteiger partial charge in [0.25, 0.3) is 0 Å². The van der Waals surface area contributed by atoms with E-state index in [-0.39, 0.29) is 18.3 Å². The minimum Gasteiger partial charge on any atom is -0.393 e. The Balaban J connectivity index is 2.41. The van der Waals surface area contributed by atoms with Crippen LogP contribution in [-0.2, 0) is 4.74 Å². The molecular weight excluding hydrogens is 292 g/mol. The molecule has 0 bridgehead atoms. The van der Waals surface area contributed by atoms with E-state index < -0.39 is 14.2 Å². The van der Waals surface area contributed by atoms with Gasteiger partial charge in [0.15, 0.2) is 0 Å². The zero-order chi connectivity index (χ0) is 16.6. The third-order valence-electron chi connectivity index (χ3n) is 3.69. The summed E-state index contributed by atoms with van der Waals surface area (Å²) >= 11 is 0. The highest BCUT2D eigenvalue weighted by atomic mass is 28.3. The third kappa shape index (κ3) is 8.69. The number of aliphatic hydroxyl groups is 2. The molecule has 0 radical (unpaired) electrons. The maximum atomic E-state index is 10.2. The van der Waals surface area contributed by atoms with Gasteiger partial charge in [-0.05, 0) is 32.1 Å². The van der Waals surface area contributed by atoms with Crippen LogP contribution in [-0.4, -0.2) is 42.7 Å². The van der Waals surface area contributed by atoms with E-state index in [1.807, 2.05) is 12.2 Å². The Morgan fingerprint density at radius 3 is 2.55 bits per heavy atom. The van der Waals surface area contributed by atoms with Gasteiger partial charge >= 0.3 is 0 Å². The van der Waals surface area contributed by atoms with Gasteiger partial charge in [-0.3, -0.25) is 0 Å². The van der Waals surface area contributed by atoms with Crippen molar-refractivity contribution in [3.8, 4) is 0 Å². The van der Waals surface area contributed by atoms with Gasteiger partial charge in [0.1, 0.15) is 0 Å². The van der Waals surface area contributed by atoms with Gasteiger partial charge in [0.2, 0.25) is 0 Å². The topological polar surface area (TPSA) is 49.7 Å². The van der Waals surface area contributed by atoms with E-state index >= 15 is 0 Å². The van der Waals surface area contributed by atoms with Crippen LogP contribution >= 0.6 is 0 Å². The van der Waals surface area contributed by atoms with Crippen molar-refractivity contribution in [2.45, 2.75) is 76.2 Å². The number of hydrogen-bond acceptors (Lipinski definition) is 3. The molecule has 1 aliphatic heterocycles. The largest absolute Gasteiger partial charge is 0.393 e. The Morgan fingerprint density at radius 1 is 1.23 bits per heavy atom. The minimum atomic E-state index is -1.20. The lowest BCUT2D eigenvalue weighted by Crippen LogP contribution is -2.37. The van der Waals surface area contributed by atoms with Gasteiger partial charge in [0.05, 0.1) is 32.5 Å². The van der Waals surface area contributed by atoms with Crippen molar-refractivity contribution >= 4 is 8.07 Å². The smallest absolute Gasteiger partial charge is 0.0682 e. The highest BCUT2D eigenvalue weighted by molar-refractivity contribution is 6.80. The summed E-state index contributed by atoms with van der Waals surface area (Å²) in [6, 6.07) is 0. The summed E-state index contributed by atoms with van der Waals surface area (Å²) in [5.74, 6) is 0. The average Bonchev–Trinajstić information content (AvgIpc) is 2.36. The SMILES string of the molecule is C=C/C=C/C[C@H]1C[C@@H](O)C[C@H](C[C@@H](O)C/C=C/[Si](C)(C)C)O1. The second-order valence-corrected chi connectivity index (χ2v) is 12.4. The quantitative estimate of drug-likeness (QED) is 0.530. The average molecular weight is 325 g/mol. The maximum Gasteiger partial charge on any atom is 0.0682 e. The van der Waals surface area contributed by atoms with Crippen molar-refractivity contribution in [1.82, 2.24) is 0 Å². The van der Waals surface area contributed by atoms with Crippen LogP contribution in [0.25, 0.3) is 0 Å². The lowest BCUT2D eigenvalue weighted by molar-refractivity contribution is -0.106. The van der Waals surface area contributed by atoms with Crippen molar-refractivity contribution in [1.29, 1.82) is 0 Å². The molecule has 1 rings (SSSR count). The molecule has 1 heterocycles. The molecule has 22 heavy (non-hydrogen) atoms. The van der Waals surface area contributed by atoms with E-state index in [0.717, 1.165) is 6.42 Å². The van der Waals surface area contributed by atoms with Crippen molar-refractivity contribution in [3.63, 3.8) is 0 Å². The molecule has 1 fully saturated rings. The van der Waals surface area contributed by atoms with Crippen LogP contribution in [0.15, 0.2) is 36.6 Å². The maximum absolute atomic E-state index is 10.2. The molecule has 4 heteroatoms. The zero-order valence-corrected chi connectivity index (χ0v) is 15.2. The first-order chi connectivity index (χ1) is 10.3. The van der Waals surface area contributed by atoms with Gasteiger partial charge in [0, 0.05) is 0 Å². The van der Waals surface area contributed by atoms with E-state index in [0.29, 0.717) is 25.7 Å². The van der Waals surface area contributed by atoms with E-state index in [2.05, 4.69) is 38.0 Å². The molecule has 1 saturated heterocycles. The number of allylic oxidation sites excluding steroid dienone is 2. The number of aliphatic hydroxyl groups excluding tert-OH is 2. The van der Waals surface area contributed by atoms with Crippen LogP contribution in [0.4, 0.5) is 0 Å². The summed E-state index contributed by atoms with van der Waals surface area (Å²) in [6.45, 7) is 10.5. The lowest BCUT2D eigenvalue weighted by atomic mass is 9.95. The van der Waals surface area contributed by atoms with Crippen molar-refractivity contribution < 1.29 is 14.9 Å². The fourth-order valence-electron chi connectivity index (χ4n) is 2.69. The summed E-state index contributed by atoms with van der Waals surface area (Å²) in [7, 11) is -1.20. The monoisotopic (exact) mass is 324 g/mol. The van der Waals surface area contributed by atoms with Gasteiger partial charge in [-0.15, -0.1) is 0 Å². The van der Waals surface area contributed by atoms with Crippen molar-refractivity contribution in [2.24, 2.45) is 0 Å². The van der Waals surface area contributed by atoms with Crippen LogP contribution in [0.1, 0.15) is 32.1 Å². The number of rotatable bonds is 8. The molecule has 0 saturated carbocycles. The first kappa shape index (κ1) is 19.4. The lowest BCUT2D eigenvalue weighted by Gasteiger charge is -2.33. The molecular formula is C18H32O3Si. The van der Waals surface area contributed by atoms with Gasteiger partial charge in [-0.1, -0.05) is 56.2 Å². The van der Waals surface area contributed by atoms with E-state index in [1.165, 1.54) is 0 Å². The second kappa shape index (κ2) is 9.45. The Hall–Kier alpha value is -0.683. The first-order valence-corrected chi connectivity index (χ1v) is 11.8. The predicted octanol–water partition coefficient (Wildman–Crippen LogP) is 3.60. The molecule has 0 amide bonds. The van der Waals surface area contributed by atoms with Gasteiger partial charge in [-0.25, -0.2) is 0 Å². The van der Waals surface area contributed by atoms with Crippen LogP contribution in [0.2, 0.25) is 19.6 Å². The molecule has 0 aliphatic carbocycles. The summed E-state index contributed by atoms with van der Waals surface area (Å²) in [5.41, 5.74) is 2.26. The minimum absolute atomic E-state index is 0.0367. The molecule has 0 unspecified atom stereocenters. The van der Waals surface area contributed by atoms with Crippen molar-refractivity contribution in [3.05, 3.63) is 36.6 Å². The molecule has 2 N–H and O–H groups in total. The fraction of sp³-hybridized carbons (Fsp3) is 0.667. The van der Waals surface area contributed by atoms with E-state index in [1.54, 1.807) is 6.08 Å². The standard InChI is InChI=1S/C18H32O3Si/c1-5-6-7-10-17-13-16(20)14-18(21-17)12-15(19)9-8-11-22(2,3)4/h5-8,11,15-20H,1,9-10,12-14H2,2-4H3/b7-6+,11-8+/t15-,16+,17-,18-/m0/s1. The Morgan fingerprint density at radius 2 is 1.91 bits per heavy atom. The molecule has 0 aromatic carbocycles. The molecule has 0 aromatic heterocycles. The molecule has 3 nitrogen and oxygen atoms in total. The first-order valence-electron chi connectivity index (χ1n) is 8.27. The Bertz CT molecular complexity index is 384. The molecule has 126 valence electrons. The van der Waals surface area contributed by atoms with Crippen LogP contribution < -0.4 is 0 Å². The van der Waals surface area contributed by atoms with Crippen LogP contribution in [0.5, 0.6) is 0 Å². The summed E-state index contributed by atoms with van der Waals surface area (Å²) in [5, 5.41) is 20.1. The Labute approximate surface area is 136 Å². The number of hydrogen-bond donors (Lipinski definition) is 2. The van der Waals surface area contributed by atoms with Crippen molar-refractivity contribution in [2.75, 3.05) is 0 Å². The normalized spacial score (nSPS) is 28.3.